The van der Waals surface area contributed by atoms with Crippen molar-refractivity contribution in [3.63, 3.8) is 0 Å². The van der Waals surface area contributed by atoms with Gasteiger partial charge in [-0.2, -0.15) is 0 Å². The normalized spacial score (nSPS) is 17.2. The van der Waals surface area contributed by atoms with E-state index in [2.05, 4.69) is 55.6 Å². The van der Waals surface area contributed by atoms with Gasteiger partial charge in [0.1, 0.15) is 5.82 Å². The molecule has 172 valence electrons. The molecule has 0 fully saturated rings. The van der Waals surface area contributed by atoms with Gasteiger partial charge in [0.2, 0.25) is 0 Å². The van der Waals surface area contributed by atoms with Gasteiger partial charge < -0.3 is 5.32 Å². The molecule has 3 aromatic carbocycles. The van der Waals surface area contributed by atoms with Crippen molar-refractivity contribution in [2.45, 2.75) is 33.1 Å². The number of aliphatic imine (C=N–C) groups is 1. The van der Waals surface area contributed by atoms with Crippen LogP contribution in [0, 0.1) is 17.7 Å². The molecule has 0 saturated heterocycles. The minimum absolute atomic E-state index is 0.131. The summed E-state index contributed by atoms with van der Waals surface area (Å²) in [4.78, 5) is 4.72. The van der Waals surface area contributed by atoms with Gasteiger partial charge in [-0.3, -0.25) is 4.99 Å². The maximum atomic E-state index is 14.7. The molecule has 0 saturated carbocycles. The molecule has 2 nitrogen and oxygen atoms in total. The third-order valence-corrected chi connectivity index (χ3v) is 7.03. The summed E-state index contributed by atoms with van der Waals surface area (Å²) in [5.41, 5.74) is 8.81. The smallest absolute Gasteiger partial charge is 0.127 e. The molecule has 5 rings (SSSR count). The summed E-state index contributed by atoms with van der Waals surface area (Å²) in [7, 11) is 0. The van der Waals surface area contributed by atoms with Crippen LogP contribution in [0.15, 0.2) is 83.9 Å². The summed E-state index contributed by atoms with van der Waals surface area (Å²) in [5.74, 6) is 1.08. The van der Waals surface area contributed by atoms with Crippen molar-refractivity contribution in [3.05, 3.63) is 107 Å². The maximum absolute atomic E-state index is 14.7. The highest BCUT2D eigenvalue weighted by atomic mass is 19.1. The molecule has 1 atom stereocenters. The van der Waals surface area contributed by atoms with Crippen LogP contribution in [0.4, 0.5) is 10.1 Å². The fourth-order valence-corrected chi connectivity index (χ4v) is 5.09. The van der Waals surface area contributed by atoms with Gasteiger partial charge in [0, 0.05) is 24.0 Å². The van der Waals surface area contributed by atoms with Gasteiger partial charge >= 0.3 is 0 Å². The maximum Gasteiger partial charge on any atom is 0.127 e. The lowest BCUT2D eigenvalue weighted by Gasteiger charge is -2.26. The van der Waals surface area contributed by atoms with Crippen LogP contribution >= 0.6 is 0 Å². The van der Waals surface area contributed by atoms with Gasteiger partial charge in [0.25, 0.3) is 0 Å². The number of halogens is 1. The Morgan fingerprint density at radius 1 is 1.00 bits per heavy atom. The number of benzene rings is 3. The zero-order chi connectivity index (χ0) is 23.5. The van der Waals surface area contributed by atoms with E-state index in [0.717, 1.165) is 40.9 Å². The minimum Gasteiger partial charge on any atom is -0.385 e. The zero-order valence-corrected chi connectivity index (χ0v) is 19.9. The SMILES string of the molecule is CC(C)C1C=C(c2ccccc2N=C/C=C\Cc2c(F)ccc3c2Cc2ccccc2-3)NCC1. The van der Waals surface area contributed by atoms with E-state index in [1.54, 1.807) is 6.07 Å². The Bertz CT molecular complexity index is 1280. The number of nitrogens with zero attached hydrogens (tertiary/aromatic N) is 1. The highest BCUT2D eigenvalue weighted by Gasteiger charge is 2.22. The van der Waals surface area contributed by atoms with E-state index in [1.165, 1.54) is 23.2 Å². The first kappa shape index (κ1) is 22.3. The molecule has 0 amide bonds. The topological polar surface area (TPSA) is 24.4 Å². The molecular formula is C31H31FN2. The van der Waals surface area contributed by atoms with Crippen LogP contribution in [0.5, 0.6) is 0 Å². The number of rotatable bonds is 6. The van der Waals surface area contributed by atoms with Crippen LogP contribution in [0.1, 0.15) is 42.5 Å². The monoisotopic (exact) mass is 450 g/mol. The van der Waals surface area contributed by atoms with Crippen molar-refractivity contribution < 1.29 is 4.39 Å². The molecule has 0 spiro atoms. The number of para-hydroxylation sites is 1. The number of hydrogen-bond donors (Lipinski definition) is 1. The Morgan fingerprint density at radius 2 is 1.79 bits per heavy atom. The standard InChI is InChI=1S/C31H31FN2/c1-21(2)22-16-18-34-31(20-22)27-12-5-6-13-30(27)33-17-8-7-11-26-28-19-23-9-3-4-10-24(23)25(28)14-15-29(26)32/h3-10,12-15,17,20-22,34H,11,16,18-19H2,1-2H3/b8-7-,33-17?. The zero-order valence-electron chi connectivity index (χ0n) is 19.9. The Labute approximate surface area is 202 Å². The van der Waals surface area contributed by atoms with Gasteiger partial charge in [0.15, 0.2) is 0 Å². The van der Waals surface area contributed by atoms with Crippen molar-refractivity contribution in [2.75, 3.05) is 6.54 Å². The Balaban J connectivity index is 1.32. The predicted octanol–water partition coefficient (Wildman–Crippen LogP) is 7.50. The molecule has 2 aliphatic rings. The number of fused-ring (bicyclic) bond motifs is 3. The molecule has 0 radical (unpaired) electrons. The van der Waals surface area contributed by atoms with Crippen LogP contribution in [0.2, 0.25) is 0 Å². The molecule has 0 aromatic heterocycles. The van der Waals surface area contributed by atoms with Gasteiger partial charge in [-0.15, -0.1) is 0 Å². The van der Waals surface area contributed by atoms with Crippen LogP contribution in [-0.2, 0) is 12.8 Å². The summed E-state index contributed by atoms with van der Waals surface area (Å²) in [6, 6.07) is 20.1. The molecule has 1 unspecified atom stereocenters. The molecule has 34 heavy (non-hydrogen) atoms. The van der Waals surface area contributed by atoms with E-state index in [4.69, 9.17) is 4.99 Å². The van der Waals surface area contributed by atoms with Crippen molar-refractivity contribution in [1.82, 2.24) is 5.32 Å². The molecule has 1 aliphatic carbocycles. The third kappa shape index (κ3) is 4.48. The number of allylic oxidation sites excluding steroid dienone is 3. The second-order valence-electron chi connectivity index (χ2n) is 9.52. The second-order valence-corrected chi connectivity index (χ2v) is 9.52. The van der Waals surface area contributed by atoms with E-state index < -0.39 is 0 Å². The lowest BCUT2D eigenvalue weighted by Crippen LogP contribution is -2.25. The third-order valence-electron chi connectivity index (χ3n) is 7.03. The van der Waals surface area contributed by atoms with Gasteiger partial charge in [0.05, 0.1) is 5.69 Å². The fraction of sp³-hybridized carbons (Fsp3) is 0.258. The Kier molecular flexibility index (Phi) is 6.44. The van der Waals surface area contributed by atoms with Crippen LogP contribution in [0.3, 0.4) is 0 Å². The summed E-state index contributed by atoms with van der Waals surface area (Å²) in [6.45, 7) is 5.55. The van der Waals surface area contributed by atoms with Gasteiger partial charge in [-0.1, -0.05) is 74.5 Å². The number of nitrogens with one attached hydrogen (secondary N) is 1. The van der Waals surface area contributed by atoms with E-state index in [9.17, 15) is 4.39 Å². The summed E-state index contributed by atoms with van der Waals surface area (Å²) < 4.78 is 14.7. The van der Waals surface area contributed by atoms with E-state index in [-0.39, 0.29) is 5.82 Å². The Morgan fingerprint density at radius 3 is 2.65 bits per heavy atom. The van der Waals surface area contributed by atoms with E-state index >= 15 is 0 Å². The first-order chi connectivity index (χ1) is 16.6. The molecule has 1 heterocycles. The lowest BCUT2D eigenvalue weighted by molar-refractivity contribution is 0.422. The molecule has 0 bridgehead atoms. The molecule has 3 heteroatoms. The van der Waals surface area contributed by atoms with Crippen molar-refractivity contribution in [2.24, 2.45) is 16.8 Å². The fourth-order valence-electron chi connectivity index (χ4n) is 5.09. The minimum atomic E-state index is -0.131. The Hall–Kier alpha value is -3.46. The molecule has 1 aliphatic heterocycles. The molecular weight excluding hydrogens is 419 g/mol. The average Bonchev–Trinajstić information content (AvgIpc) is 3.24. The lowest BCUT2D eigenvalue weighted by atomic mass is 9.88. The first-order valence-electron chi connectivity index (χ1n) is 12.2. The van der Waals surface area contributed by atoms with Gasteiger partial charge in [-0.25, -0.2) is 4.39 Å². The molecule has 3 aromatic rings. The van der Waals surface area contributed by atoms with Crippen LogP contribution in [0.25, 0.3) is 16.8 Å². The van der Waals surface area contributed by atoms with E-state index in [1.807, 2.05) is 42.6 Å². The van der Waals surface area contributed by atoms with Crippen molar-refractivity contribution in [1.29, 1.82) is 0 Å². The summed E-state index contributed by atoms with van der Waals surface area (Å²) in [5, 5.41) is 3.55. The first-order valence-corrected chi connectivity index (χ1v) is 12.2. The highest BCUT2D eigenvalue weighted by Crippen LogP contribution is 2.39. The highest BCUT2D eigenvalue weighted by molar-refractivity contribution is 5.81. The number of hydrogen-bond acceptors (Lipinski definition) is 2. The predicted molar refractivity (Wildman–Crippen MR) is 141 cm³/mol. The summed E-state index contributed by atoms with van der Waals surface area (Å²) in [6.07, 6.45) is 10.6. The second kappa shape index (κ2) is 9.80. The summed E-state index contributed by atoms with van der Waals surface area (Å²) >= 11 is 0. The quantitative estimate of drug-likeness (QED) is 0.302. The largest absolute Gasteiger partial charge is 0.385 e. The van der Waals surface area contributed by atoms with Crippen molar-refractivity contribution >= 4 is 17.6 Å². The molecule has 1 N–H and O–H groups in total. The van der Waals surface area contributed by atoms with Crippen LogP contribution < -0.4 is 5.32 Å². The van der Waals surface area contributed by atoms with Crippen LogP contribution in [-0.4, -0.2) is 12.8 Å². The average molecular weight is 451 g/mol. The van der Waals surface area contributed by atoms with Crippen molar-refractivity contribution in [3.8, 4) is 11.1 Å². The van der Waals surface area contributed by atoms with E-state index in [0.29, 0.717) is 18.3 Å². The van der Waals surface area contributed by atoms with Gasteiger partial charge in [-0.05, 0) is 77.1 Å².